The van der Waals surface area contributed by atoms with E-state index in [1.807, 2.05) is 6.26 Å². The molecule has 132 valence electrons. The Morgan fingerprint density at radius 3 is 2.83 bits per heavy atom. The largest absolute Gasteiger partial charge is 0.394 e. The lowest BCUT2D eigenvalue weighted by atomic mass is 9.90. The van der Waals surface area contributed by atoms with E-state index in [-0.39, 0.29) is 18.2 Å². The first-order chi connectivity index (χ1) is 11.5. The van der Waals surface area contributed by atoms with Crippen molar-refractivity contribution in [1.82, 2.24) is 9.97 Å². The van der Waals surface area contributed by atoms with Crippen LogP contribution >= 0.6 is 23.1 Å². The van der Waals surface area contributed by atoms with Crippen molar-refractivity contribution >= 4 is 39.1 Å². The smallest absolute Gasteiger partial charge is 0.190 e. The molecule has 0 saturated heterocycles. The second kappa shape index (κ2) is 7.15. The monoisotopic (exact) mass is 367 g/mol. The lowest BCUT2D eigenvalue weighted by Gasteiger charge is -2.33. The molecule has 3 rings (SSSR count). The van der Waals surface area contributed by atoms with Gasteiger partial charge in [-0.3, -0.25) is 0 Å². The average Bonchev–Trinajstić information content (AvgIpc) is 2.96. The van der Waals surface area contributed by atoms with Gasteiger partial charge in [0, 0.05) is 11.3 Å². The van der Waals surface area contributed by atoms with Crippen LogP contribution in [0.3, 0.4) is 0 Å². The summed E-state index contributed by atoms with van der Waals surface area (Å²) in [5, 5.41) is 14.9. The molecule has 3 heterocycles. The molecule has 7 heteroatoms. The predicted octanol–water partition coefficient (Wildman–Crippen LogP) is 3.84. The van der Waals surface area contributed by atoms with Crippen molar-refractivity contribution in [3.05, 3.63) is 10.4 Å². The Bertz CT molecular complexity index is 730. The first-order valence-electron chi connectivity index (χ1n) is 8.41. The van der Waals surface area contributed by atoms with E-state index in [9.17, 15) is 5.11 Å². The van der Waals surface area contributed by atoms with Crippen LogP contribution in [-0.4, -0.2) is 39.6 Å². The lowest BCUT2D eigenvalue weighted by molar-refractivity contribution is -0.0542. The Balaban J connectivity index is 2.13. The third-order valence-electron chi connectivity index (χ3n) is 4.80. The highest BCUT2D eigenvalue weighted by atomic mass is 32.2. The van der Waals surface area contributed by atoms with Gasteiger partial charge in [0.2, 0.25) is 0 Å². The fourth-order valence-corrected chi connectivity index (χ4v) is 4.47. The number of aliphatic hydroxyl groups is 1. The normalized spacial score (nSPS) is 21.7. The second-order valence-corrected chi connectivity index (χ2v) is 8.30. The maximum Gasteiger partial charge on any atom is 0.190 e. The molecule has 2 unspecified atom stereocenters. The number of aliphatic hydroxyl groups excluding tert-OH is 1. The highest BCUT2D eigenvalue weighted by Gasteiger charge is 2.33. The molecular formula is C17H25N3O2S2. The van der Waals surface area contributed by atoms with Crippen molar-refractivity contribution in [1.29, 1.82) is 0 Å². The molecule has 2 N–H and O–H groups in total. The van der Waals surface area contributed by atoms with Crippen LogP contribution in [0.4, 0.5) is 5.82 Å². The Hall–Kier alpha value is -0.890. The molecule has 0 saturated carbocycles. The number of nitrogens with zero attached hydrogens (tertiary/aromatic N) is 2. The summed E-state index contributed by atoms with van der Waals surface area (Å²) in [5.41, 5.74) is 1.19. The fraction of sp³-hybridized carbons (Fsp3) is 0.647. The van der Waals surface area contributed by atoms with Gasteiger partial charge in [0.05, 0.1) is 30.2 Å². The van der Waals surface area contributed by atoms with E-state index < -0.39 is 0 Å². The summed E-state index contributed by atoms with van der Waals surface area (Å²) in [6.07, 6.45) is 4.69. The molecule has 0 aliphatic carbocycles. The van der Waals surface area contributed by atoms with E-state index in [1.165, 1.54) is 10.4 Å². The van der Waals surface area contributed by atoms with Gasteiger partial charge in [0.1, 0.15) is 10.6 Å². The van der Waals surface area contributed by atoms with Crippen LogP contribution in [0.5, 0.6) is 0 Å². The molecule has 2 aromatic heterocycles. The van der Waals surface area contributed by atoms with Crippen LogP contribution in [0.15, 0.2) is 5.16 Å². The molecule has 0 radical (unpaired) electrons. The molecule has 0 fully saturated rings. The summed E-state index contributed by atoms with van der Waals surface area (Å²) >= 11 is 3.25. The molecule has 2 atom stereocenters. The van der Waals surface area contributed by atoms with Gasteiger partial charge in [-0.1, -0.05) is 25.6 Å². The number of hydrogen-bond acceptors (Lipinski definition) is 7. The van der Waals surface area contributed by atoms with Gasteiger partial charge in [0.15, 0.2) is 5.16 Å². The van der Waals surface area contributed by atoms with Gasteiger partial charge in [0.25, 0.3) is 0 Å². The number of fused-ring (bicyclic) bond motifs is 3. The maximum atomic E-state index is 9.57. The minimum Gasteiger partial charge on any atom is -0.394 e. The van der Waals surface area contributed by atoms with Crippen molar-refractivity contribution in [3.8, 4) is 0 Å². The Kier molecular flexibility index (Phi) is 5.34. The number of ether oxygens (including phenoxy) is 1. The van der Waals surface area contributed by atoms with Crippen LogP contribution in [0.2, 0.25) is 0 Å². The van der Waals surface area contributed by atoms with E-state index in [0.717, 1.165) is 40.5 Å². The van der Waals surface area contributed by atoms with Gasteiger partial charge >= 0.3 is 0 Å². The number of aromatic nitrogens is 2. The third kappa shape index (κ3) is 3.27. The van der Waals surface area contributed by atoms with E-state index in [0.29, 0.717) is 6.61 Å². The van der Waals surface area contributed by atoms with E-state index in [4.69, 9.17) is 14.7 Å². The van der Waals surface area contributed by atoms with Gasteiger partial charge in [-0.05, 0) is 31.6 Å². The number of anilines is 1. The summed E-state index contributed by atoms with van der Waals surface area (Å²) in [6, 6.07) is 0.00533. The number of nitrogens with one attached hydrogen (secondary N) is 1. The maximum absolute atomic E-state index is 9.57. The van der Waals surface area contributed by atoms with Crippen LogP contribution in [0.25, 0.3) is 10.2 Å². The van der Waals surface area contributed by atoms with E-state index in [2.05, 4.69) is 26.1 Å². The zero-order valence-corrected chi connectivity index (χ0v) is 16.3. The standard InChI is InChI=1S/C17H25N3O2S2/c1-5-10(8-21)18-14-13-11-7-17(3,6-2)22-9-12(11)24-15(13)20-16(19-14)23-4/h10,21H,5-9H2,1-4H3,(H,18,19,20). The highest BCUT2D eigenvalue weighted by Crippen LogP contribution is 2.42. The van der Waals surface area contributed by atoms with Crippen molar-refractivity contribution in [2.75, 3.05) is 18.2 Å². The highest BCUT2D eigenvalue weighted by molar-refractivity contribution is 7.98. The number of hydrogen-bond donors (Lipinski definition) is 2. The topological polar surface area (TPSA) is 67.3 Å². The SMILES string of the molecule is CCC(CO)Nc1nc(SC)nc2sc3c(c12)CC(C)(CC)OC3. The van der Waals surface area contributed by atoms with Crippen LogP contribution in [0.1, 0.15) is 44.1 Å². The molecule has 1 aliphatic rings. The first kappa shape index (κ1) is 17.9. The van der Waals surface area contributed by atoms with Crippen LogP contribution in [-0.2, 0) is 17.8 Å². The molecule has 0 aromatic carbocycles. The lowest BCUT2D eigenvalue weighted by Crippen LogP contribution is -2.34. The van der Waals surface area contributed by atoms with E-state index in [1.54, 1.807) is 23.1 Å². The van der Waals surface area contributed by atoms with Gasteiger partial charge in [-0.25, -0.2) is 9.97 Å². The second-order valence-electron chi connectivity index (χ2n) is 6.44. The molecule has 5 nitrogen and oxygen atoms in total. The minimum absolute atomic E-state index is 0.00533. The minimum atomic E-state index is -0.127. The zero-order valence-electron chi connectivity index (χ0n) is 14.7. The molecule has 0 bridgehead atoms. The average molecular weight is 368 g/mol. The van der Waals surface area contributed by atoms with Crippen LogP contribution < -0.4 is 5.32 Å². The first-order valence-corrected chi connectivity index (χ1v) is 10.4. The van der Waals surface area contributed by atoms with Crippen molar-refractivity contribution < 1.29 is 9.84 Å². The molecule has 24 heavy (non-hydrogen) atoms. The Morgan fingerprint density at radius 2 is 2.21 bits per heavy atom. The van der Waals surface area contributed by atoms with Crippen LogP contribution in [0, 0.1) is 0 Å². The Morgan fingerprint density at radius 1 is 1.42 bits per heavy atom. The van der Waals surface area contributed by atoms with Crippen molar-refractivity contribution in [3.63, 3.8) is 0 Å². The van der Waals surface area contributed by atoms with Crippen molar-refractivity contribution in [2.45, 2.75) is 63.4 Å². The molecule has 1 aliphatic heterocycles. The number of thioether (sulfide) groups is 1. The molecule has 2 aromatic rings. The summed E-state index contributed by atoms with van der Waals surface area (Å²) in [4.78, 5) is 11.7. The predicted molar refractivity (Wildman–Crippen MR) is 101 cm³/mol. The molecular weight excluding hydrogens is 342 g/mol. The number of thiophene rings is 1. The van der Waals surface area contributed by atoms with E-state index >= 15 is 0 Å². The van der Waals surface area contributed by atoms with Gasteiger partial charge < -0.3 is 15.2 Å². The fourth-order valence-electron chi connectivity index (χ4n) is 2.95. The zero-order chi connectivity index (χ0) is 17.3. The summed E-state index contributed by atoms with van der Waals surface area (Å²) in [7, 11) is 0. The quantitative estimate of drug-likeness (QED) is 0.597. The van der Waals surface area contributed by atoms with Gasteiger partial charge in [-0.15, -0.1) is 11.3 Å². The molecule has 0 amide bonds. The third-order valence-corrected chi connectivity index (χ3v) is 6.45. The molecule has 0 spiro atoms. The van der Waals surface area contributed by atoms with Crippen molar-refractivity contribution in [2.24, 2.45) is 0 Å². The number of rotatable bonds is 6. The Labute approximate surface area is 151 Å². The van der Waals surface area contributed by atoms with Gasteiger partial charge in [-0.2, -0.15) is 0 Å². The summed E-state index contributed by atoms with van der Waals surface area (Å²) in [5.74, 6) is 0.850. The summed E-state index contributed by atoms with van der Waals surface area (Å²) < 4.78 is 6.09. The summed E-state index contributed by atoms with van der Waals surface area (Å²) in [6.45, 7) is 7.14.